The predicted octanol–water partition coefficient (Wildman–Crippen LogP) is 5.59. The first-order valence-electron chi connectivity index (χ1n) is 10.3. The van der Waals surface area contributed by atoms with Gasteiger partial charge in [-0.3, -0.25) is 9.69 Å². The van der Waals surface area contributed by atoms with E-state index in [9.17, 15) is 4.79 Å². The third-order valence-corrected chi connectivity index (χ3v) is 6.82. The Hall–Kier alpha value is -1.63. The number of aryl methyl sites for hydroxylation is 2. The Bertz CT molecular complexity index is 816. The van der Waals surface area contributed by atoms with Crippen LogP contribution in [0.25, 0.3) is 0 Å². The van der Waals surface area contributed by atoms with Crippen LogP contribution in [0.4, 0.5) is 5.13 Å². The minimum Gasteiger partial charge on any atom is -0.494 e. The van der Waals surface area contributed by atoms with Gasteiger partial charge in [0, 0.05) is 35.1 Å². The van der Waals surface area contributed by atoms with Gasteiger partial charge in [0.05, 0.1) is 6.61 Å². The van der Waals surface area contributed by atoms with E-state index in [0.717, 1.165) is 35.0 Å². The van der Waals surface area contributed by atoms with Crippen molar-refractivity contribution < 1.29 is 9.53 Å². The van der Waals surface area contributed by atoms with Crippen molar-refractivity contribution in [1.29, 1.82) is 0 Å². The molecular formula is C22H30ClN3O2S. The average Bonchev–Trinajstić information content (AvgIpc) is 3.12. The third-order valence-electron chi connectivity index (χ3n) is 5.33. The molecule has 5 nitrogen and oxygen atoms in total. The maximum atomic E-state index is 12.2. The van der Waals surface area contributed by atoms with Gasteiger partial charge in [-0.05, 0) is 69.8 Å². The molecule has 1 atom stereocenters. The topological polar surface area (TPSA) is 54.5 Å². The number of piperidine rings is 1. The lowest BCUT2D eigenvalue weighted by Crippen LogP contribution is -2.36. The van der Waals surface area contributed by atoms with E-state index in [0.29, 0.717) is 30.6 Å². The zero-order valence-electron chi connectivity index (χ0n) is 17.5. The maximum Gasteiger partial charge on any atom is 0.226 e. The molecule has 0 spiro atoms. The van der Waals surface area contributed by atoms with E-state index in [4.69, 9.17) is 16.3 Å². The predicted molar refractivity (Wildman–Crippen MR) is 120 cm³/mol. The molecule has 1 fully saturated rings. The van der Waals surface area contributed by atoms with Crippen molar-refractivity contribution in [2.45, 2.75) is 65.5 Å². The number of nitrogens with zero attached hydrogens (tertiary/aromatic N) is 2. The number of carbonyl (C=O) groups is 1. The smallest absolute Gasteiger partial charge is 0.226 e. The van der Waals surface area contributed by atoms with Crippen molar-refractivity contribution in [2.24, 2.45) is 0 Å². The van der Waals surface area contributed by atoms with Crippen molar-refractivity contribution in [2.75, 3.05) is 18.5 Å². The summed E-state index contributed by atoms with van der Waals surface area (Å²) in [6.07, 6.45) is 6.79. The summed E-state index contributed by atoms with van der Waals surface area (Å²) < 4.78 is 5.76. The molecule has 1 unspecified atom stereocenters. The fourth-order valence-corrected chi connectivity index (χ4v) is 4.59. The minimum absolute atomic E-state index is 0.0238. The zero-order valence-corrected chi connectivity index (χ0v) is 19.0. The molecule has 0 bridgehead atoms. The van der Waals surface area contributed by atoms with Gasteiger partial charge in [-0.1, -0.05) is 18.0 Å². The van der Waals surface area contributed by atoms with Crippen LogP contribution in [0.5, 0.6) is 5.75 Å². The van der Waals surface area contributed by atoms with E-state index >= 15 is 0 Å². The number of anilines is 1. The number of hydrogen-bond acceptors (Lipinski definition) is 5. The Morgan fingerprint density at radius 3 is 2.83 bits per heavy atom. The van der Waals surface area contributed by atoms with E-state index in [1.54, 1.807) is 11.3 Å². The van der Waals surface area contributed by atoms with Gasteiger partial charge in [0.2, 0.25) is 5.91 Å². The molecule has 158 valence electrons. The summed E-state index contributed by atoms with van der Waals surface area (Å²) in [4.78, 5) is 20.3. The lowest BCUT2D eigenvalue weighted by molar-refractivity contribution is -0.116. The Morgan fingerprint density at radius 2 is 2.10 bits per heavy atom. The number of ether oxygens (including phenoxy) is 1. The molecular weight excluding hydrogens is 406 g/mol. The van der Waals surface area contributed by atoms with E-state index < -0.39 is 0 Å². The molecule has 29 heavy (non-hydrogen) atoms. The monoisotopic (exact) mass is 435 g/mol. The molecule has 0 saturated carbocycles. The van der Waals surface area contributed by atoms with Crippen LogP contribution >= 0.6 is 22.9 Å². The largest absolute Gasteiger partial charge is 0.494 e. The van der Waals surface area contributed by atoms with Gasteiger partial charge < -0.3 is 10.1 Å². The van der Waals surface area contributed by atoms with Crippen LogP contribution in [-0.4, -0.2) is 35.0 Å². The molecule has 3 rings (SSSR count). The summed E-state index contributed by atoms with van der Waals surface area (Å²) in [6.45, 7) is 8.77. The minimum atomic E-state index is -0.0238. The van der Waals surface area contributed by atoms with Crippen molar-refractivity contribution in [3.63, 3.8) is 0 Å². The second kappa shape index (κ2) is 10.4. The zero-order chi connectivity index (χ0) is 20.8. The van der Waals surface area contributed by atoms with Crippen LogP contribution in [-0.2, 0) is 11.3 Å². The van der Waals surface area contributed by atoms with Crippen LogP contribution in [0.15, 0.2) is 18.3 Å². The number of likely N-dealkylation sites (tertiary alicyclic amines) is 1. The van der Waals surface area contributed by atoms with Gasteiger partial charge in [0.15, 0.2) is 5.13 Å². The second-order valence-corrected chi connectivity index (χ2v) is 9.31. The molecule has 1 aliphatic rings. The lowest BCUT2D eigenvalue weighted by Gasteiger charge is -2.32. The number of rotatable bonds is 8. The number of aromatic nitrogens is 1. The van der Waals surface area contributed by atoms with Crippen molar-refractivity contribution in [3.05, 3.63) is 39.4 Å². The Balaban J connectivity index is 1.39. The highest BCUT2D eigenvalue weighted by molar-refractivity contribution is 7.15. The van der Waals surface area contributed by atoms with Crippen molar-refractivity contribution in [3.8, 4) is 5.75 Å². The van der Waals surface area contributed by atoms with Crippen LogP contribution in [0.2, 0.25) is 5.02 Å². The number of hydrogen-bond donors (Lipinski definition) is 1. The van der Waals surface area contributed by atoms with Crippen LogP contribution in [0, 0.1) is 13.8 Å². The lowest BCUT2D eigenvalue weighted by atomic mass is 10.0. The van der Waals surface area contributed by atoms with E-state index in [2.05, 4.69) is 22.1 Å². The number of halogens is 1. The number of thiazole rings is 1. The highest BCUT2D eigenvalue weighted by atomic mass is 35.5. The van der Waals surface area contributed by atoms with Crippen molar-refractivity contribution in [1.82, 2.24) is 9.88 Å². The van der Waals surface area contributed by atoms with Crippen LogP contribution in [0.3, 0.4) is 0 Å². The van der Waals surface area contributed by atoms with E-state index in [1.807, 2.05) is 32.2 Å². The summed E-state index contributed by atoms with van der Waals surface area (Å²) in [5.74, 6) is 0.769. The summed E-state index contributed by atoms with van der Waals surface area (Å²) in [5, 5.41) is 4.36. The Labute approximate surface area is 182 Å². The number of carbonyl (C=O) groups excluding carboxylic acids is 1. The Kier molecular flexibility index (Phi) is 7.92. The van der Waals surface area contributed by atoms with Gasteiger partial charge in [-0.15, -0.1) is 11.3 Å². The summed E-state index contributed by atoms with van der Waals surface area (Å²) in [7, 11) is 0. The standard InChI is InChI=1S/C22H30ClN3O2S/c1-15-11-18(12-16(2)21(15)23)28-10-6-8-20(27)25-22-24-13-19(29-22)14-26-9-5-4-7-17(26)3/h11-13,17H,4-10,14H2,1-3H3,(H,24,25,27). The van der Waals surface area contributed by atoms with Gasteiger partial charge in [0.1, 0.15) is 5.75 Å². The molecule has 1 aromatic carbocycles. The number of benzene rings is 1. The average molecular weight is 436 g/mol. The first-order valence-corrected chi connectivity index (χ1v) is 11.5. The van der Waals surface area contributed by atoms with Crippen LogP contribution < -0.4 is 10.1 Å². The molecule has 0 aliphatic carbocycles. The maximum absolute atomic E-state index is 12.2. The van der Waals surface area contributed by atoms with Gasteiger partial charge in [0.25, 0.3) is 0 Å². The molecule has 0 radical (unpaired) electrons. The quantitative estimate of drug-likeness (QED) is 0.549. The fraction of sp³-hybridized carbons (Fsp3) is 0.545. The van der Waals surface area contributed by atoms with E-state index in [-0.39, 0.29) is 5.91 Å². The SMILES string of the molecule is Cc1cc(OCCCC(=O)Nc2ncc(CN3CCCCC3C)s2)cc(C)c1Cl. The van der Waals surface area contributed by atoms with E-state index in [1.165, 1.54) is 24.1 Å². The van der Waals surface area contributed by atoms with Gasteiger partial charge >= 0.3 is 0 Å². The fourth-order valence-electron chi connectivity index (χ4n) is 3.63. The molecule has 1 N–H and O–H groups in total. The normalized spacial score (nSPS) is 17.3. The number of nitrogens with one attached hydrogen (secondary N) is 1. The molecule has 2 aromatic rings. The molecule has 1 amide bonds. The second-order valence-electron chi connectivity index (χ2n) is 7.82. The molecule has 7 heteroatoms. The van der Waals surface area contributed by atoms with Gasteiger partial charge in [-0.25, -0.2) is 4.98 Å². The summed E-state index contributed by atoms with van der Waals surface area (Å²) in [6, 6.07) is 4.47. The van der Waals surface area contributed by atoms with Crippen molar-refractivity contribution >= 4 is 34.0 Å². The highest BCUT2D eigenvalue weighted by Crippen LogP contribution is 2.26. The molecule has 2 heterocycles. The summed E-state index contributed by atoms with van der Waals surface area (Å²) >= 11 is 7.75. The summed E-state index contributed by atoms with van der Waals surface area (Å²) in [5.41, 5.74) is 2.00. The van der Waals surface area contributed by atoms with Crippen LogP contribution in [0.1, 0.15) is 55.0 Å². The highest BCUT2D eigenvalue weighted by Gasteiger charge is 2.19. The van der Waals surface area contributed by atoms with Gasteiger partial charge in [-0.2, -0.15) is 0 Å². The third kappa shape index (κ3) is 6.43. The first-order chi connectivity index (χ1) is 13.9. The Morgan fingerprint density at radius 1 is 1.34 bits per heavy atom. The molecule has 1 aliphatic heterocycles. The number of amides is 1. The molecule has 1 aromatic heterocycles. The molecule has 1 saturated heterocycles. The first kappa shape index (κ1) is 22.1.